The highest BCUT2D eigenvalue weighted by atomic mass is 79.9. The number of nitrogens with two attached hydrogens (primary N) is 1. The molecule has 0 aliphatic heterocycles. The molecule has 3 N–H and O–H groups in total. The first-order valence-corrected chi connectivity index (χ1v) is 4.96. The molecule has 0 aliphatic carbocycles. The minimum Gasteiger partial charge on any atom is -0.365 e. The van der Waals surface area contributed by atoms with Crippen LogP contribution in [-0.2, 0) is 0 Å². The maximum atomic E-state index is 11.2. The second kappa shape index (κ2) is 3.13. The summed E-state index contributed by atoms with van der Waals surface area (Å²) in [6.45, 7) is 1.94. The predicted molar refractivity (Wildman–Crippen MR) is 59.3 cm³/mol. The van der Waals surface area contributed by atoms with Crippen molar-refractivity contribution in [3.05, 3.63) is 33.9 Å². The van der Waals surface area contributed by atoms with Crippen LogP contribution in [0.4, 0.5) is 0 Å². The zero-order valence-corrected chi connectivity index (χ0v) is 9.18. The number of benzene rings is 1. The van der Waals surface area contributed by atoms with Crippen LogP contribution in [0.25, 0.3) is 10.9 Å². The van der Waals surface area contributed by atoms with Crippen molar-refractivity contribution < 1.29 is 4.79 Å². The van der Waals surface area contributed by atoms with Crippen molar-refractivity contribution in [3.63, 3.8) is 0 Å². The SMILES string of the molecule is Cc1cc2ccc(Br)c(C(N)=O)c2[nH]1. The molecule has 2 aromatic rings. The van der Waals surface area contributed by atoms with Gasteiger partial charge in [0.15, 0.2) is 0 Å². The molecule has 14 heavy (non-hydrogen) atoms. The summed E-state index contributed by atoms with van der Waals surface area (Å²) in [6.07, 6.45) is 0. The van der Waals surface area contributed by atoms with E-state index in [1.165, 1.54) is 0 Å². The fraction of sp³-hybridized carbons (Fsp3) is 0.100. The summed E-state index contributed by atoms with van der Waals surface area (Å²) >= 11 is 3.31. The number of primary amides is 1. The molecular formula is C10H9BrN2O. The quantitative estimate of drug-likeness (QED) is 0.805. The van der Waals surface area contributed by atoms with Gasteiger partial charge in [-0.25, -0.2) is 0 Å². The number of H-pyrrole nitrogens is 1. The van der Waals surface area contributed by atoms with E-state index in [-0.39, 0.29) is 0 Å². The van der Waals surface area contributed by atoms with E-state index in [0.717, 1.165) is 21.1 Å². The Balaban J connectivity index is 2.88. The smallest absolute Gasteiger partial charge is 0.251 e. The van der Waals surface area contributed by atoms with Crippen LogP contribution >= 0.6 is 15.9 Å². The summed E-state index contributed by atoms with van der Waals surface area (Å²) in [5.41, 5.74) is 7.62. The number of rotatable bonds is 1. The monoisotopic (exact) mass is 252 g/mol. The molecule has 0 atom stereocenters. The van der Waals surface area contributed by atoms with E-state index < -0.39 is 5.91 Å². The normalized spacial score (nSPS) is 10.7. The van der Waals surface area contributed by atoms with Gasteiger partial charge < -0.3 is 10.7 Å². The van der Waals surface area contributed by atoms with Crippen LogP contribution in [0.15, 0.2) is 22.7 Å². The van der Waals surface area contributed by atoms with E-state index >= 15 is 0 Å². The number of carbonyl (C=O) groups excluding carboxylic acids is 1. The number of hydrogen-bond acceptors (Lipinski definition) is 1. The molecule has 0 saturated heterocycles. The van der Waals surface area contributed by atoms with Gasteiger partial charge in [0.1, 0.15) is 0 Å². The van der Waals surface area contributed by atoms with Gasteiger partial charge in [-0.2, -0.15) is 0 Å². The lowest BCUT2D eigenvalue weighted by atomic mass is 10.1. The van der Waals surface area contributed by atoms with E-state index in [9.17, 15) is 4.79 Å². The van der Waals surface area contributed by atoms with Crippen LogP contribution in [-0.4, -0.2) is 10.9 Å². The lowest BCUT2D eigenvalue weighted by Gasteiger charge is -2.01. The number of halogens is 1. The second-order valence-corrected chi connectivity index (χ2v) is 4.06. The lowest BCUT2D eigenvalue weighted by molar-refractivity contribution is 0.100. The first kappa shape index (κ1) is 9.27. The topological polar surface area (TPSA) is 58.9 Å². The van der Waals surface area contributed by atoms with Gasteiger partial charge in [-0.05, 0) is 35.0 Å². The van der Waals surface area contributed by atoms with Crippen LogP contribution in [0.1, 0.15) is 16.1 Å². The van der Waals surface area contributed by atoms with Gasteiger partial charge in [0, 0.05) is 15.6 Å². The number of aromatic nitrogens is 1. The summed E-state index contributed by atoms with van der Waals surface area (Å²) in [5.74, 6) is -0.427. The number of hydrogen-bond donors (Lipinski definition) is 2. The van der Waals surface area contributed by atoms with Crippen LogP contribution in [0.5, 0.6) is 0 Å². The number of nitrogens with one attached hydrogen (secondary N) is 1. The summed E-state index contributed by atoms with van der Waals surface area (Å²) in [5, 5.41) is 1.000. The van der Waals surface area contributed by atoms with Crippen LogP contribution < -0.4 is 5.73 Å². The molecule has 1 amide bonds. The first-order valence-electron chi connectivity index (χ1n) is 4.17. The molecule has 2 rings (SSSR count). The van der Waals surface area contributed by atoms with Crippen LogP contribution in [0, 0.1) is 6.92 Å². The standard InChI is InChI=1S/C10H9BrN2O/c1-5-4-6-2-3-7(11)8(10(12)14)9(6)13-5/h2-4,13H,1H3,(H2,12,14). The summed E-state index contributed by atoms with van der Waals surface area (Å²) in [6, 6.07) is 5.75. The number of amides is 1. The number of aromatic amines is 1. The van der Waals surface area contributed by atoms with Gasteiger partial charge in [0.2, 0.25) is 0 Å². The highest BCUT2D eigenvalue weighted by Crippen LogP contribution is 2.26. The molecular weight excluding hydrogens is 244 g/mol. The van der Waals surface area contributed by atoms with Gasteiger partial charge in [-0.1, -0.05) is 6.07 Å². The summed E-state index contributed by atoms with van der Waals surface area (Å²) in [4.78, 5) is 14.3. The third-order valence-corrected chi connectivity index (χ3v) is 2.79. The van der Waals surface area contributed by atoms with Crippen LogP contribution in [0.3, 0.4) is 0 Å². The number of carbonyl (C=O) groups is 1. The van der Waals surface area contributed by atoms with E-state index in [1.807, 2.05) is 25.1 Å². The molecule has 0 unspecified atom stereocenters. The molecule has 0 saturated carbocycles. The summed E-state index contributed by atoms with van der Waals surface area (Å²) in [7, 11) is 0. The van der Waals surface area contributed by atoms with Crippen molar-refractivity contribution in [2.75, 3.05) is 0 Å². The fourth-order valence-electron chi connectivity index (χ4n) is 1.56. The molecule has 3 nitrogen and oxygen atoms in total. The van der Waals surface area contributed by atoms with Gasteiger partial charge in [0.05, 0.1) is 11.1 Å². The lowest BCUT2D eigenvalue weighted by Crippen LogP contribution is -2.12. The first-order chi connectivity index (χ1) is 6.59. The van der Waals surface area contributed by atoms with Crippen molar-refractivity contribution in [2.24, 2.45) is 5.73 Å². The highest BCUT2D eigenvalue weighted by Gasteiger charge is 2.12. The van der Waals surface area contributed by atoms with Gasteiger partial charge in [-0.15, -0.1) is 0 Å². The van der Waals surface area contributed by atoms with E-state index in [0.29, 0.717) is 5.56 Å². The minimum atomic E-state index is -0.427. The molecule has 0 fully saturated rings. The molecule has 4 heteroatoms. The summed E-state index contributed by atoms with van der Waals surface area (Å²) < 4.78 is 0.722. The Kier molecular flexibility index (Phi) is 2.07. The van der Waals surface area contributed by atoms with Gasteiger partial charge in [-0.3, -0.25) is 4.79 Å². The van der Waals surface area contributed by atoms with E-state index in [1.54, 1.807) is 0 Å². The Labute approximate surface area is 89.4 Å². The van der Waals surface area contributed by atoms with Crippen molar-refractivity contribution in [1.82, 2.24) is 4.98 Å². The van der Waals surface area contributed by atoms with Gasteiger partial charge >= 0.3 is 0 Å². The molecule has 1 aromatic carbocycles. The minimum absolute atomic E-state index is 0.427. The molecule has 0 bridgehead atoms. The highest BCUT2D eigenvalue weighted by molar-refractivity contribution is 9.10. The Hall–Kier alpha value is -1.29. The molecule has 72 valence electrons. The number of aryl methyl sites for hydroxylation is 1. The van der Waals surface area contributed by atoms with E-state index in [4.69, 9.17) is 5.73 Å². The van der Waals surface area contributed by atoms with Crippen molar-refractivity contribution in [1.29, 1.82) is 0 Å². The molecule has 1 aromatic heterocycles. The van der Waals surface area contributed by atoms with Crippen molar-refractivity contribution in [3.8, 4) is 0 Å². The predicted octanol–water partition coefficient (Wildman–Crippen LogP) is 2.34. The largest absolute Gasteiger partial charge is 0.365 e. The molecule has 1 heterocycles. The fourth-order valence-corrected chi connectivity index (χ4v) is 2.08. The van der Waals surface area contributed by atoms with Crippen molar-refractivity contribution in [2.45, 2.75) is 6.92 Å². The molecule has 0 aliphatic rings. The molecule has 0 spiro atoms. The molecule has 0 radical (unpaired) electrons. The number of fused-ring (bicyclic) bond motifs is 1. The van der Waals surface area contributed by atoms with Crippen LogP contribution in [0.2, 0.25) is 0 Å². The Bertz CT molecular complexity index is 516. The average Bonchev–Trinajstić information content (AvgIpc) is 2.43. The second-order valence-electron chi connectivity index (χ2n) is 3.20. The zero-order chi connectivity index (χ0) is 10.3. The zero-order valence-electron chi connectivity index (χ0n) is 7.60. The third-order valence-electron chi connectivity index (χ3n) is 2.13. The Morgan fingerprint density at radius 3 is 2.86 bits per heavy atom. The Morgan fingerprint density at radius 1 is 1.50 bits per heavy atom. The third kappa shape index (κ3) is 1.32. The maximum Gasteiger partial charge on any atom is 0.251 e. The average molecular weight is 253 g/mol. The maximum absolute atomic E-state index is 11.2. The van der Waals surface area contributed by atoms with Crippen molar-refractivity contribution >= 4 is 32.7 Å². The van der Waals surface area contributed by atoms with E-state index in [2.05, 4.69) is 20.9 Å². The Morgan fingerprint density at radius 2 is 2.21 bits per heavy atom. The van der Waals surface area contributed by atoms with Gasteiger partial charge in [0.25, 0.3) is 5.91 Å².